The van der Waals surface area contributed by atoms with Crippen molar-refractivity contribution in [2.45, 2.75) is 13.5 Å². The van der Waals surface area contributed by atoms with E-state index < -0.39 is 0 Å². The fourth-order valence-electron chi connectivity index (χ4n) is 1.98. The van der Waals surface area contributed by atoms with Crippen molar-refractivity contribution in [1.29, 1.82) is 0 Å². The van der Waals surface area contributed by atoms with Crippen molar-refractivity contribution >= 4 is 23.2 Å². The van der Waals surface area contributed by atoms with Gasteiger partial charge in [0.05, 0.1) is 13.7 Å². The summed E-state index contributed by atoms with van der Waals surface area (Å²) in [6.07, 6.45) is 0. The van der Waals surface area contributed by atoms with Crippen molar-refractivity contribution in [2.75, 3.05) is 19.0 Å². The van der Waals surface area contributed by atoms with Crippen molar-refractivity contribution < 1.29 is 14.3 Å². The number of methoxy groups -OCH3 is 1. The number of rotatable bonds is 6. The number of nitrogens with one attached hydrogen (secondary N) is 1. The summed E-state index contributed by atoms with van der Waals surface area (Å²) in [6.45, 7) is 2.93. The number of carbonyl (C=O) groups excluding carboxylic acids is 1. The maximum atomic E-state index is 12.3. The van der Waals surface area contributed by atoms with Crippen LogP contribution in [0.25, 0.3) is 0 Å². The van der Waals surface area contributed by atoms with Crippen LogP contribution in [0.2, 0.25) is 5.02 Å². The number of amides is 1. The minimum absolute atomic E-state index is 0.192. The van der Waals surface area contributed by atoms with E-state index in [-0.39, 0.29) is 5.91 Å². The Morgan fingerprint density at radius 2 is 1.91 bits per heavy atom. The lowest BCUT2D eigenvalue weighted by atomic mass is 10.1. The van der Waals surface area contributed by atoms with Crippen LogP contribution in [0, 0.1) is 0 Å². The molecule has 0 aliphatic heterocycles. The van der Waals surface area contributed by atoms with Crippen LogP contribution in [0.1, 0.15) is 22.8 Å². The van der Waals surface area contributed by atoms with E-state index in [1.54, 1.807) is 49.6 Å². The number of hydrogen-bond acceptors (Lipinski definition) is 3. The molecule has 0 aromatic heterocycles. The molecule has 2 aromatic carbocycles. The molecule has 4 nitrogen and oxygen atoms in total. The van der Waals surface area contributed by atoms with Gasteiger partial charge in [-0.05, 0) is 49.4 Å². The van der Waals surface area contributed by atoms with Crippen molar-refractivity contribution in [3.8, 4) is 5.75 Å². The third kappa shape index (κ3) is 4.23. The predicted octanol–water partition coefficient (Wildman–Crippen LogP) is 4.14. The normalized spacial score (nSPS) is 10.3. The lowest BCUT2D eigenvalue weighted by Crippen LogP contribution is -2.12. The van der Waals surface area contributed by atoms with E-state index in [1.807, 2.05) is 6.92 Å². The fraction of sp³-hybridized carbons (Fsp3) is 0.235. The summed E-state index contributed by atoms with van der Waals surface area (Å²) in [4.78, 5) is 12.3. The third-order valence-electron chi connectivity index (χ3n) is 3.11. The Kier molecular flexibility index (Phi) is 5.81. The number of hydrogen-bond donors (Lipinski definition) is 1. The molecule has 0 aliphatic carbocycles. The molecule has 2 rings (SSSR count). The number of carbonyl (C=O) groups is 1. The minimum atomic E-state index is -0.192. The molecule has 0 saturated heterocycles. The van der Waals surface area contributed by atoms with Gasteiger partial charge >= 0.3 is 0 Å². The standard InChI is InChI=1S/C17H18ClNO3/c1-3-22-11-13-10-12(4-9-16(13)21-2)17(20)19-15-7-5-14(18)6-8-15/h4-10H,3,11H2,1-2H3,(H,19,20). The molecule has 0 bridgehead atoms. The monoisotopic (exact) mass is 319 g/mol. The fourth-order valence-corrected chi connectivity index (χ4v) is 2.11. The van der Waals surface area contributed by atoms with E-state index in [1.165, 1.54) is 0 Å². The van der Waals surface area contributed by atoms with Gasteiger partial charge in [0, 0.05) is 28.4 Å². The van der Waals surface area contributed by atoms with Gasteiger partial charge in [0.25, 0.3) is 5.91 Å². The van der Waals surface area contributed by atoms with Crippen LogP contribution in [0.15, 0.2) is 42.5 Å². The lowest BCUT2D eigenvalue weighted by molar-refractivity contribution is 0.102. The summed E-state index contributed by atoms with van der Waals surface area (Å²) in [6, 6.07) is 12.2. The molecule has 0 radical (unpaired) electrons. The van der Waals surface area contributed by atoms with Gasteiger partial charge in [-0.2, -0.15) is 0 Å². The van der Waals surface area contributed by atoms with Crippen LogP contribution < -0.4 is 10.1 Å². The molecule has 22 heavy (non-hydrogen) atoms. The summed E-state index contributed by atoms with van der Waals surface area (Å²) in [5, 5.41) is 3.45. The molecule has 1 N–H and O–H groups in total. The Balaban J connectivity index is 2.16. The maximum Gasteiger partial charge on any atom is 0.255 e. The van der Waals surface area contributed by atoms with Gasteiger partial charge in [0.15, 0.2) is 0 Å². The summed E-state index contributed by atoms with van der Waals surface area (Å²) in [5.74, 6) is 0.513. The first kappa shape index (κ1) is 16.3. The summed E-state index contributed by atoms with van der Waals surface area (Å²) in [7, 11) is 1.60. The highest BCUT2D eigenvalue weighted by molar-refractivity contribution is 6.30. The number of anilines is 1. The molecule has 5 heteroatoms. The molecule has 0 unspecified atom stereocenters. The highest BCUT2D eigenvalue weighted by atomic mass is 35.5. The second kappa shape index (κ2) is 7.82. The van der Waals surface area contributed by atoms with Crippen molar-refractivity contribution in [1.82, 2.24) is 0 Å². The first-order valence-electron chi connectivity index (χ1n) is 6.95. The second-order valence-electron chi connectivity index (χ2n) is 4.62. The first-order chi connectivity index (χ1) is 10.6. The number of benzene rings is 2. The molecule has 0 atom stereocenters. The van der Waals surface area contributed by atoms with Crippen LogP contribution in [-0.4, -0.2) is 19.6 Å². The maximum absolute atomic E-state index is 12.3. The Bertz CT molecular complexity index is 641. The highest BCUT2D eigenvalue weighted by Crippen LogP contribution is 2.22. The largest absolute Gasteiger partial charge is 0.496 e. The van der Waals surface area contributed by atoms with Crippen LogP contribution >= 0.6 is 11.6 Å². The predicted molar refractivity (Wildman–Crippen MR) is 87.7 cm³/mol. The Hall–Kier alpha value is -2.04. The zero-order valence-corrected chi connectivity index (χ0v) is 13.3. The molecular formula is C17H18ClNO3. The molecular weight excluding hydrogens is 302 g/mol. The first-order valence-corrected chi connectivity index (χ1v) is 7.33. The summed E-state index contributed by atoms with van der Waals surface area (Å²) >= 11 is 5.83. The van der Waals surface area contributed by atoms with E-state index in [2.05, 4.69) is 5.32 Å². The highest BCUT2D eigenvalue weighted by Gasteiger charge is 2.10. The molecule has 0 saturated carbocycles. The van der Waals surface area contributed by atoms with Gasteiger partial charge in [-0.15, -0.1) is 0 Å². The quantitative estimate of drug-likeness (QED) is 0.870. The van der Waals surface area contributed by atoms with Crippen LogP contribution in [0.4, 0.5) is 5.69 Å². The zero-order chi connectivity index (χ0) is 15.9. The zero-order valence-electron chi connectivity index (χ0n) is 12.6. The average Bonchev–Trinajstić information content (AvgIpc) is 2.54. The topological polar surface area (TPSA) is 47.6 Å². The van der Waals surface area contributed by atoms with E-state index in [0.29, 0.717) is 35.2 Å². The van der Waals surface area contributed by atoms with Gasteiger partial charge in [0.2, 0.25) is 0 Å². The van der Waals surface area contributed by atoms with Crippen LogP contribution in [-0.2, 0) is 11.3 Å². The molecule has 0 fully saturated rings. The van der Waals surface area contributed by atoms with Gasteiger partial charge in [-0.1, -0.05) is 11.6 Å². The lowest BCUT2D eigenvalue weighted by Gasteiger charge is -2.11. The molecule has 116 valence electrons. The van der Waals surface area contributed by atoms with Crippen molar-refractivity contribution in [3.05, 3.63) is 58.6 Å². The Labute approximate surface area is 135 Å². The molecule has 0 aliphatic rings. The third-order valence-corrected chi connectivity index (χ3v) is 3.36. The summed E-state index contributed by atoms with van der Waals surface area (Å²) < 4.78 is 10.7. The minimum Gasteiger partial charge on any atom is -0.496 e. The second-order valence-corrected chi connectivity index (χ2v) is 5.06. The van der Waals surface area contributed by atoms with Crippen molar-refractivity contribution in [3.63, 3.8) is 0 Å². The number of halogens is 1. The average molecular weight is 320 g/mol. The van der Waals surface area contributed by atoms with Crippen LogP contribution in [0.3, 0.4) is 0 Å². The molecule has 1 amide bonds. The smallest absolute Gasteiger partial charge is 0.255 e. The van der Waals surface area contributed by atoms with E-state index in [0.717, 1.165) is 5.56 Å². The SMILES string of the molecule is CCOCc1cc(C(=O)Nc2ccc(Cl)cc2)ccc1OC. The van der Waals surface area contributed by atoms with Crippen molar-refractivity contribution in [2.24, 2.45) is 0 Å². The molecule has 0 heterocycles. The molecule has 0 spiro atoms. The van der Waals surface area contributed by atoms with E-state index in [4.69, 9.17) is 21.1 Å². The van der Waals surface area contributed by atoms with Gasteiger partial charge in [-0.25, -0.2) is 0 Å². The Morgan fingerprint density at radius 1 is 1.18 bits per heavy atom. The molecule has 2 aromatic rings. The van der Waals surface area contributed by atoms with Gasteiger partial charge in [-0.3, -0.25) is 4.79 Å². The number of ether oxygens (including phenoxy) is 2. The van der Waals surface area contributed by atoms with Crippen LogP contribution in [0.5, 0.6) is 5.75 Å². The van der Waals surface area contributed by atoms with E-state index in [9.17, 15) is 4.79 Å². The van der Waals surface area contributed by atoms with E-state index >= 15 is 0 Å². The summed E-state index contributed by atoms with van der Waals surface area (Å²) in [5.41, 5.74) is 2.08. The van der Waals surface area contributed by atoms with Gasteiger partial charge < -0.3 is 14.8 Å². The van der Waals surface area contributed by atoms with Gasteiger partial charge in [0.1, 0.15) is 5.75 Å². The Morgan fingerprint density at radius 3 is 2.55 bits per heavy atom.